The molecule has 0 saturated heterocycles. The fraction of sp³-hybridized carbons (Fsp3) is 0.133. The van der Waals surface area contributed by atoms with Crippen LogP contribution in [-0.4, -0.2) is 24.0 Å². The van der Waals surface area contributed by atoms with Crippen molar-refractivity contribution in [2.45, 2.75) is 6.54 Å². The summed E-state index contributed by atoms with van der Waals surface area (Å²) in [5.41, 5.74) is 1.52. The molecule has 5 heteroatoms. The molecule has 1 amide bonds. The number of nitrogens with zero attached hydrogens (tertiary/aromatic N) is 1. The van der Waals surface area contributed by atoms with E-state index in [4.69, 9.17) is 0 Å². The predicted octanol–water partition coefficient (Wildman–Crippen LogP) is 1.80. The van der Waals surface area contributed by atoms with Gasteiger partial charge in [-0.05, 0) is 30.3 Å². The third kappa shape index (κ3) is 3.41. The number of aromatic nitrogens is 1. The molecule has 0 unspecified atom stereocenters. The van der Waals surface area contributed by atoms with Gasteiger partial charge in [0.1, 0.15) is 0 Å². The maximum atomic E-state index is 12.0. The van der Waals surface area contributed by atoms with E-state index in [1.165, 1.54) is 13.2 Å². The van der Waals surface area contributed by atoms with Crippen molar-refractivity contribution in [2.24, 2.45) is 0 Å². The molecule has 0 bridgehead atoms. The van der Waals surface area contributed by atoms with Crippen LogP contribution in [0.2, 0.25) is 0 Å². The molecule has 20 heavy (non-hydrogen) atoms. The Labute approximate surface area is 116 Å². The van der Waals surface area contributed by atoms with Crippen molar-refractivity contribution in [3.63, 3.8) is 0 Å². The minimum atomic E-state index is -0.468. The van der Waals surface area contributed by atoms with Crippen LogP contribution in [-0.2, 0) is 11.3 Å². The van der Waals surface area contributed by atoms with Gasteiger partial charge in [-0.25, -0.2) is 4.79 Å². The number of methoxy groups -OCH3 is 1. The number of nitrogens with one attached hydrogen (secondary N) is 1. The molecule has 0 aliphatic heterocycles. The fourth-order valence-corrected chi connectivity index (χ4v) is 1.68. The molecule has 2 rings (SSSR count). The predicted molar refractivity (Wildman–Crippen MR) is 73.2 cm³/mol. The molecule has 1 N–H and O–H groups in total. The van der Waals surface area contributed by atoms with Gasteiger partial charge < -0.3 is 10.1 Å². The lowest BCUT2D eigenvalue weighted by atomic mass is 10.1. The highest BCUT2D eigenvalue weighted by atomic mass is 16.5. The van der Waals surface area contributed by atoms with Gasteiger partial charge in [0.05, 0.1) is 24.9 Å². The first-order valence-corrected chi connectivity index (χ1v) is 6.07. The van der Waals surface area contributed by atoms with Gasteiger partial charge >= 0.3 is 5.97 Å². The normalized spacial score (nSPS) is 9.85. The lowest BCUT2D eigenvalue weighted by Crippen LogP contribution is -2.23. The highest BCUT2D eigenvalue weighted by Gasteiger charge is 2.10. The van der Waals surface area contributed by atoms with Crippen LogP contribution in [0.5, 0.6) is 0 Å². The lowest BCUT2D eigenvalue weighted by molar-refractivity contribution is 0.0600. The SMILES string of the molecule is COC(=O)c1cccc(C(=O)NCc2ccccn2)c1. The van der Waals surface area contributed by atoms with E-state index in [1.54, 1.807) is 24.4 Å². The Balaban J connectivity index is 2.04. The second kappa shape index (κ2) is 6.47. The van der Waals surface area contributed by atoms with Gasteiger partial charge in [0.25, 0.3) is 5.91 Å². The van der Waals surface area contributed by atoms with Crippen LogP contribution < -0.4 is 5.32 Å². The van der Waals surface area contributed by atoms with E-state index >= 15 is 0 Å². The first-order chi connectivity index (χ1) is 9.70. The van der Waals surface area contributed by atoms with Crippen molar-refractivity contribution in [1.29, 1.82) is 0 Å². The molecule has 1 aromatic heterocycles. The zero-order valence-electron chi connectivity index (χ0n) is 11.0. The summed E-state index contributed by atoms with van der Waals surface area (Å²) in [6, 6.07) is 11.9. The molecule has 1 heterocycles. The number of carbonyl (C=O) groups is 2. The van der Waals surface area contributed by atoms with Crippen molar-refractivity contribution in [1.82, 2.24) is 10.3 Å². The average molecular weight is 270 g/mol. The van der Waals surface area contributed by atoms with Gasteiger partial charge in [0, 0.05) is 11.8 Å². The Bertz CT molecular complexity index is 612. The largest absolute Gasteiger partial charge is 0.465 e. The van der Waals surface area contributed by atoms with Crippen LogP contribution in [0.25, 0.3) is 0 Å². The van der Waals surface area contributed by atoms with Crippen molar-refractivity contribution in [3.05, 3.63) is 65.5 Å². The maximum absolute atomic E-state index is 12.0. The standard InChI is InChI=1S/C15H14N2O3/c1-20-15(19)12-6-4-5-11(9-12)14(18)17-10-13-7-2-3-8-16-13/h2-9H,10H2,1H3,(H,17,18). The van der Waals surface area contributed by atoms with Gasteiger partial charge in [0.15, 0.2) is 0 Å². The van der Waals surface area contributed by atoms with E-state index < -0.39 is 5.97 Å². The van der Waals surface area contributed by atoms with Crippen LogP contribution in [0, 0.1) is 0 Å². The summed E-state index contributed by atoms with van der Waals surface area (Å²) in [5.74, 6) is -0.731. The highest BCUT2D eigenvalue weighted by molar-refractivity contribution is 5.97. The van der Waals surface area contributed by atoms with Crippen LogP contribution in [0.15, 0.2) is 48.7 Å². The van der Waals surface area contributed by atoms with Gasteiger partial charge in [-0.1, -0.05) is 12.1 Å². The number of amides is 1. The number of hydrogen-bond donors (Lipinski definition) is 1. The monoisotopic (exact) mass is 270 g/mol. The summed E-state index contributed by atoms with van der Waals surface area (Å²) in [6.07, 6.45) is 1.67. The Morgan fingerprint density at radius 3 is 2.65 bits per heavy atom. The molecular formula is C15H14N2O3. The van der Waals surface area contributed by atoms with E-state index in [1.807, 2.05) is 18.2 Å². The number of rotatable bonds is 4. The molecule has 0 aliphatic rings. The van der Waals surface area contributed by atoms with E-state index in [0.29, 0.717) is 17.7 Å². The summed E-state index contributed by atoms with van der Waals surface area (Å²) >= 11 is 0. The first-order valence-electron chi connectivity index (χ1n) is 6.07. The van der Waals surface area contributed by atoms with Crippen LogP contribution >= 0.6 is 0 Å². The second-order valence-corrected chi connectivity index (χ2v) is 4.08. The average Bonchev–Trinajstić information content (AvgIpc) is 2.53. The summed E-state index contributed by atoms with van der Waals surface area (Å²) in [5, 5.41) is 2.75. The van der Waals surface area contributed by atoms with Gasteiger partial charge in [0.2, 0.25) is 0 Å². The zero-order valence-corrected chi connectivity index (χ0v) is 11.0. The number of ether oxygens (including phenoxy) is 1. The summed E-state index contributed by atoms with van der Waals surface area (Å²) < 4.78 is 4.62. The van der Waals surface area contributed by atoms with Crippen molar-refractivity contribution in [2.75, 3.05) is 7.11 Å². The molecular weight excluding hydrogens is 256 g/mol. The topological polar surface area (TPSA) is 68.3 Å². The molecule has 0 fully saturated rings. The molecule has 0 saturated carbocycles. The van der Waals surface area contributed by atoms with E-state index in [9.17, 15) is 9.59 Å². The van der Waals surface area contributed by atoms with Crippen LogP contribution in [0.4, 0.5) is 0 Å². The Hall–Kier alpha value is -2.69. The third-order valence-corrected chi connectivity index (χ3v) is 2.70. The maximum Gasteiger partial charge on any atom is 0.337 e. The minimum absolute atomic E-state index is 0.263. The number of esters is 1. The molecule has 0 spiro atoms. The molecule has 1 aromatic carbocycles. The quantitative estimate of drug-likeness (QED) is 0.860. The van der Waals surface area contributed by atoms with Crippen molar-refractivity contribution >= 4 is 11.9 Å². The lowest BCUT2D eigenvalue weighted by Gasteiger charge is -2.06. The highest BCUT2D eigenvalue weighted by Crippen LogP contribution is 2.07. The zero-order chi connectivity index (χ0) is 14.4. The molecule has 0 radical (unpaired) electrons. The van der Waals surface area contributed by atoms with Gasteiger partial charge in [-0.3, -0.25) is 9.78 Å². The van der Waals surface area contributed by atoms with Crippen molar-refractivity contribution < 1.29 is 14.3 Å². The summed E-state index contributed by atoms with van der Waals surface area (Å²) in [6.45, 7) is 0.335. The summed E-state index contributed by atoms with van der Waals surface area (Å²) in [7, 11) is 1.30. The summed E-state index contributed by atoms with van der Waals surface area (Å²) in [4.78, 5) is 27.5. The molecule has 5 nitrogen and oxygen atoms in total. The van der Waals surface area contributed by atoms with E-state index in [0.717, 1.165) is 5.69 Å². The van der Waals surface area contributed by atoms with E-state index in [2.05, 4.69) is 15.0 Å². The number of benzene rings is 1. The first kappa shape index (κ1) is 13.7. The smallest absolute Gasteiger partial charge is 0.337 e. The fourth-order valence-electron chi connectivity index (χ4n) is 1.68. The van der Waals surface area contributed by atoms with Crippen molar-refractivity contribution in [3.8, 4) is 0 Å². The Morgan fingerprint density at radius 2 is 1.95 bits per heavy atom. The van der Waals surface area contributed by atoms with E-state index in [-0.39, 0.29) is 5.91 Å². The van der Waals surface area contributed by atoms with Gasteiger partial charge in [-0.2, -0.15) is 0 Å². The van der Waals surface area contributed by atoms with Gasteiger partial charge in [-0.15, -0.1) is 0 Å². The molecule has 0 atom stereocenters. The number of carbonyl (C=O) groups excluding carboxylic acids is 2. The molecule has 2 aromatic rings. The third-order valence-electron chi connectivity index (χ3n) is 2.70. The minimum Gasteiger partial charge on any atom is -0.465 e. The molecule has 0 aliphatic carbocycles. The Kier molecular flexibility index (Phi) is 4.44. The Morgan fingerprint density at radius 1 is 1.15 bits per heavy atom. The van der Waals surface area contributed by atoms with Crippen LogP contribution in [0.3, 0.4) is 0 Å². The molecule has 102 valence electrons. The van der Waals surface area contributed by atoms with Crippen LogP contribution in [0.1, 0.15) is 26.4 Å². The number of hydrogen-bond acceptors (Lipinski definition) is 4. The second-order valence-electron chi connectivity index (χ2n) is 4.08. The number of pyridine rings is 1.